The Morgan fingerprint density at radius 3 is 1.79 bits per heavy atom. The maximum atomic E-state index is 12.4. The molecular weight excluding hydrogens is 438 g/mol. The number of aryl methyl sites for hydroxylation is 1. The van der Waals surface area contributed by atoms with Crippen LogP contribution >= 0.6 is 15.9 Å². The van der Waals surface area contributed by atoms with Crippen LogP contribution in [0.4, 0.5) is 17.1 Å². The first-order valence-corrected chi connectivity index (χ1v) is 9.36. The van der Waals surface area contributed by atoms with E-state index in [4.69, 9.17) is 0 Å². The van der Waals surface area contributed by atoms with Crippen LogP contribution in [0.3, 0.4) is 0 Å². The first-order valence-electron chi connectivity index (χ1n) is 8.57. The van der Waals surface area contributed by atoms with Crippen LogP contribution in [-0.2, 0) is 0 Å². The minimum absolute atomic E-state index is 0.0348. The lowest BCUT2D eigenvalue weighted by molar-refractivity contribution is -0.385. The third kappa shape index (κ3) is 5.05. The van der Waals surface area contributed by atoms with Crippen molar-refractivity contribution in [2.75, 3.05) is 10.6 Å². The molecule has 0 aromatic heterocycles. The Bertz CT molecular complexity index is 1080. The van der Waals surface area contributed by atoms with Crippen LogP contribution in [0.2, 0.25) is 0 Å². The molecule has 29 heavy (non-hydrogen) atoms. The van der Waals surface area contributed by atoms with E-state index in [1.54, 1.807) is 55.5 Å². The third-order valence-electron chi connectivity index (χ3n) is 4.16. The largest absolute Gasteiger partial charge is 0.322 e. The topological polar surface area (TPSA) is 101 Å². The quantitative estimate of drug-likeness (QED) is 0.410. The molecule has 0 aliphatic rings. The van der Waals surface area contributed by atoms with Crippen molar-refractivity contribution in [1.29, 1.82) is 0 Å². The maximum absolute atomic E-state index is 12.4. The van der Waals surface area contributed by atoms with Crippen molar-refractivity contribution < 1.29 is 14.5 Å². The Hall–Kier alpha value is -3.52. The first kappa shape index (κ1) is 20.2. The van der Waals surface area contributed by atoms with Crippen LogP contribution in [0.1, 0.15) is 26.3 Å². The number of anilines is 2. The van der Waals surface area contributed by atoms with Gasteiger partial charge in [0.15, 0.2) is 0 Å². The number of nitro benzene ring substituents is 1. The summed E-state index contributed by atoms with van der Waals surface area (Å²) in [5.41, 5.74) is 2.34. The second kappa shape index (κ2) is 8.66. The number of hydrogen-bond donors (Lipinski definition) is 2. The summed E-state index contributed by atoms with van der Waals surface area (Å²) >= 11 is 3.32. The summed E-state index contributed by atoms with van der Waals surface area (Å²) < 4.78 is 0.886. The fourth-order valence-corrected chi connectivity index (χ4v) is 2.91. The number of carbonyl (C=O) groups excluding carboxylic acids is 2. The number of nitrogens with one attached hydrogen (secondary N) is 2. The van der Waals surface area contributed by atoms with E-state index in [0.29, 0.717) is 28.1 Å². The maximum Gasteiger partial charge on any atom is 0.272 e. The van der Waals surface area contributed by atoms with E-state index in [2.05, 4.69) is 26.6 Å². The van der Waals surface area contributed by atoms with Gasteiger partial charge in [0.25, 0.3) is 17.5 Å². The fraction of sp³-hybridized carbons (Fsp3) is 0.0476. The molecule has 3 aromatic rings. The molecule has 0 saturated heterocycles. The number of hydrogen-bond acceptors (Lipinski definition) is 4. The van der Waals surface area contributed by atoms with E-state index in [-0.39, 0.29) is 17.5 Å². The van der Waals surface area contributed by atoms with Gasteiger partial charge in [-0.2, -0.15) is 0 Å². The van der Waals surface area contributed by atoms with Gasteiger partial charge in [-0.05, 0) is 67.6 Å². The molecule has 0 aliphatic heterocycles. The highest BCUT2D eigenvalue weighted by atomic mass is 79.9. The molecule has 0 saturated carbocycles. The van der Waals surface area contributed by atoms with Crippen molar-refractivity contribution in [1.82, 2.24) is 0 Å². The Morgan fingerprint density at radius 1 is 0.828 bits per heavy atom. The minimum Gasteiger partial charge on any atom is -0.322 e. The van der Waals surface area contributed by atoms with Gasteiger partial charge in [0.1, 0.15) is 0 Å². The molecule has 2 amide bonds. The zero-order valence-corrected chi connectivity index (χ0v) is 16.9. The van der Waals surface area contributed by atoms with Crippen molar-refractivity contribution in [3.05, 3.63) is 98.0 Å². The molecular formula is C21H16BrN3O4. The van der Waals surface area contributed by atoms with Crippen LogP contribution in [-0.4, -0.2) is 16.7 Å². The van der Waals surface area contributed by atoms with Crippen LogP contribution in [0, 0.1) is 17.0 Å². The predicted octanol–water partition coefficient (Wildman–Crippen LogP) is 5.17. The molecule has 0 atom stereocenters. The van der Waals surface area contributed by atoms with E-state index in [0.717, 1.165) is 4.47 Å². The highest BCUT2D eigenvalue weighted by molar-refractivity contribution is 9.10. The Balaban J connectivity index is 1.65. The second-order valence-corrected chi connectivity index (χ2v) is 7.17. The molecule has 8 heteroatoms. The molecule has 0 aliphatic carbocycles. The van der Waals surface area contributed by atoms with E-state index in [9.17, 15) is 19.7 Å². The fourth-order valence-electron chi connectivity index (χ4n) is 2.65. The third-order valence-corrected chi connectivity index (χ3v) is 4.69. The zero-order valence-electron chi connectivity index (χ0n) is 15.3. The number of nitro groups is 1. The number of nitrogens with zero attached hydrogens (tertiary/aromatic N) is 1. The lowest BCUT2D eigenvalue weighted by atomic mass is 10.1. The van der Waals surface area contributed by atoms with Crippen molar-refractivity contribution in [2.45, 2.75) is 6.92 Å². The van der Waals surface area contributed by atoms with Crippen LogP contribution in [0.5, 0.6) is 0 Å². The lowest BCUT2D eigenvalue weighted by Crippen LogP contribution is -2.13. The molecule has 3 aromatic carbocycles. The zero-order chi connectivity index (χ0) is 21.0. The normalized spacial score (nSPS) is 10.3. The Morgan fingerprint density at radius 2 is 1.31 bits per heavy atom. The highest BCUT2D eigenvalue weighted by Gasteiger charge is 2.14. The van der Waals surface area contributed by atoms with Gasteiger partial charge in [0, 0.05) is 38.6 Å². The monoisotopic (exact) mass is 453 g/mol. The molecule has 0 radical (unpaired) electrons. The van der Waals surface area contributed by atoms with Crippen LogP contribution in [0.15, 0.2) is 71.2 Å². The second-order valence-electron chi connectivity index (χ2n) is 6.25. The molecule has 2 N–H and O–H groups in total. The van der Waals surface area contributed by atoms with Crippen molar-refractivity contribution in [2.24, 2.45) is 0 Å². The van der Waals surface area contributed by atoms with Gasteiger partial charge in [-0.25, -0.2) is 0 Å². The summed E-state index contributed by atoms with van der Waals surface area (Å²) in [5.74, 6) is -0.620. The molecule has 3 rings (SSSR count). The lowest BCUT2D eigenvalue weighted by Gasteiger charge is -2.09. The van der Waals surface area contributed by atoms with Crippen LogP contribution in [0.25, 0.3) is 0 Å². The summed E-state index contributed by atoms with van der Waals surface area (Å²) in [5, 5.41) is 16.4. The van der Waals surface area contributed by atoms with Gasteiger partial charge < -0.3 is 10.6 Å². The standard InChI is InChI=1S/C21H16BrN3O4/c1-13-12-15(4-11-19(13)25(28)29)21(27)24-18-9-7-17(8-10-18)23-20(26)14-2-5-16(22)6-3-14/h2-12H,1H3,(H,23,26)(H,24,27). The first-order chi connectivity index (χ1) is 13.8. The molecule has 0 bridgehead atoms. The molecule has 7 nitrogen and oxygen atoms in total. The highest BCUT2D eigenvalue weighted by Crippen LogP contribution is 2.20. The molecule has 0 heterocycles. The average molecular weight is 454 g/mol. The smallest absolute Gasteiger partial charge is 0.272 e. The summed E-state index contributed by atoms with van der Waals surface area (Å²) in [6.45, 7) is 1.58. The van der Waals surface area contributed by atoms with Crippen LogP contribution < -0.4 is 10.6 Å². The number of halogens is 1. The number of benzene rings is 3. The van der Waals surface area contributed by atoms with Gasteiger partial charge in [-0.3, -0.25) is 19.7 Å². The van der Waals surface area contributed by atoms with E-state index >= 15 is 0 Å². The van der Waals surface area contributed by atoms with Gasteiger partial charge in [0.05, 0.1) is 4.92 Å². The SMILES string of the molecule is Cc1cc(C(=O)Nc2ccc(NC(=O)c3ccc(Br)cc3)cc2)ccc1[N+](=O)[O-]. The predicted molar refractivity (Wildman–Crippen MR) is 114 cm³/mol. The number of rotatable bonds is 5. The molecule has 0 unspecified atom stereocenters. The van der Waals surface area contributed by atoms with Crippen molar-refractivity contribution >= 4 is 44.8 Å². The summed E-state index contributed by atoms with van der Waals surface area (Å²) in [7, 11) is 0. The average Bonchev–Trinajstić information content (AvgIpc) is 2.69. The van der Waals surface area contributed by atoms with Gasteiger partial charge in [-0.1, -0.05) is 15.9 Å². The minimum atomic E-state index is -0.488. The summed E-state index contributed by atoms with van der Waals surface area (Å²) in [6.07, 6.45) is 0. The van der Waals surface area contributed by atoms with E-state index < -0.39 is 4.92 Å². The molecule has 146 valence electrons. The summed E-state index contributed by atoms with van der Waals surface area (Å²) in [4.78, 5) is 35.0. The van der Waals surface area contributed by atoms with E-state index in [1.807, 2.05) is 0 Å². The van der Waals surface area contributed by atoms with Crippen molar-refractivity contribution in [3.8, 4) is 0 Å². The number of amides is 2. The Labute approximate surface area is 175 Å². The van der Waals surface area contributed by atoms with Gasteiger partial charge in [-0.15, -0.1) is 0 Å². The molecule has 0 spiro atoms. The van der Waals surface area contributed by atoms with Crippen molar-refractivity contribution in [3.63, 3.8) is 0 Å². The number of carbonyl (C=O) groups is 2. The van der Waals surface area contributed by atoms with Gasteiger partial charge >= 0.3 is 0 Å². The van der Waals surface area contributed by atoms with Gasteiger partial charge in [0.2, 0.25) is 0 Å². The molecule has 0 fully saturated rings. The van der Waals surface area contributed by atoms with E-state index in [1.165, 1.54) is 18.2 Å². The summed E-state index contributed by atoms with van der Waals surface area (Å²) in [6, 6.07) is 17.8. The Kier molecular flexibility index (Phi) is 6.04.